The third kappa shape index (κ3) is 4.95. The summed E-state index contributed by atoms with van der Waals surface area (Å²) in [5.74, 6) is 1.53. The maximum Gasteiger partial charge on any atom is 0.251 e. The number of nitrogens with zero attached hydrogens (tertiary/aromatic N) is 2. The van der Waals surface area contributed by atoms with E-state index in [0.29, 0.717) is 5.92 Å². The van der Waals surface area contributed by atoms with E-state index in [4.69, 9.17) is 4.74 Å². The molecule has 0 aromatic carbocycles. The van der Waals surface area contributed by atoms with Crippen molar-refractivity contribution in [2.45, 2.75) is 64.6 Å². The van der Waals surface area contributed by atoms with Crippen LogP contribution in [0.5, 0.6) is 0 Å². The second-order valence-electron chi connectivity index (χ2n) is 7.56. The first-order chi connectivity index (χ1) is 10.5. The van der Waals surface area contributed by atoms with Gasteiger partial charge in [0.2, 0.25) is 0 Å². The maximum atomic E-state index is 12.7. The van der Waals surface area contributed by atoms with Gasteiger partial charge in [-0.25, -0.2) is 0 Å². The molecule has 1 aliphatic carbocycles. The van der Waals surface area contributed by atoms with Crippen LogP contribution in [0.1, 0.15) is 52.4 Å². The number of likely N-dealkylation sites (tertiary alicyclic amines) is 1. The van der Waals surface area contributed by atoms with Crippen molar-refractivity contribution in [3.63, 3.8) is 0 Å². The highest BCUT2D eigenvalue weighted by atomic mass is 16.5. The second-order valence-corrected chi connectivity index (χ2v) is 7.56. The summed E-state index contributed by atoms with van der Waals surface area (Å²) in [6.45, 7) is 7.48. The van der Waals surface area contributed by atoms with Crippen LogP contribution < -0.4 is 0 Å². The van der Waals surface area contributed by atoms with Gasteiger partial charge >= 0.3 is 0 Å². The molecule has 22 heavy (non-hydrogen) atoms. The Hall–Kier alpha value is -0.610. The van der Waals surface area contributed by atoms with Gasteiger partial charge in [0.05, 0.1) is 6.10 Å². The number of hydrogen-bond acceptors (Lipinski definition) is 3. The highest BCUT2D eigenvalue weighted by Crippen LogP contribution is 2.27. The first kappa shape index (κ1) is 17.7. The lowest BCUT2D eigenvalue weighted by Crippen LogP contribution is -2.42. The maximum absolute atomic E-state index is 12.7. The number of hydrogen-bond donors (Lipinski definition) is 0. The summed E-state index contributed by atoms with van der Waals surface area (Å²) in [4.78, 5) is 16.9. The Morgan fingerprint density at radius 1 is 1.36 bits per heavy atom. The summed E-state index contributed by atoms with van der Waals surface area (Å²) in [6, 6.07) is 0. The van der Waals surface area contributed by atoms with E-state index in [-0.39, 0.29) is 18.1 Å². The molecule has 4 nitrogen and oxygen atoms in total. The first-order valence-electron chi connectivity index (χ1n) is 9.08. The summed E-state index contributed by atoms with van der Waals surface area (Å²) in [5.41, 5.74) is 0. The van der Waals surface area contributed by atoms with Gasteiger partial charge in [0, 0.05) is 20.1 Å². The zero-order valence-electron chi connectivity index (χ0n) is 14.9. The molecule has 4 unspecified atom stereocenters. The standard InChI is InChI=1S/C18H34N2O2/c1-5-17(22-16-8-6-7-14(2)11-16)18(21)20(4)13-15-9-10-19(3)12-15/h14-17H,5-13H2,1-4H3. The molecular weight excluding hydrogens is 276 g/mol. The van der Waals surface area contributed by atoms with E-state index in [0.717, 1.165) is 44.8 Å². The number of ether oxygens (including phenoxy) is 1. The van der Waals surface area contributed by atoms with Crippen molar-refractivity contribution in [1.82, 2.24) is 9.80 Å². The molecule has 1 saturated carbocycles. The third-order valence-electron chi connectivity index (χ3n) is 5.29. The summed E-state index contributed by atoms with van der Waals surface area (Å²) in [5, 5.41) is 0. The average molecular weight is 310 g/mol. The molecule has 0 aromatic rings. The van der Waals surface area contributed by atoms with Gasteiger partial charge in [0.25, 0.3) is 5.91 Å². The van der Waals surface area contributed by atoms with E-state index in [9.17, 15) is 4.79 Å². The molecule has 0 spiro atoms. The van der Waals surface area contributed by atoms with E-state index < -0.39 is 0 Å². The minimum absolute atomic E-state index is 0.176. The number of amides is 1. The topological polar surface area (TPSA) is 32.8 Å². The fraction of sp³-hybridized carbons (Fsp3) is 0.944. The lowest BCUT2D eigenvalue weighted by Gasteiger charge is -2.32. The highest BCUT2D eigenvalue weighted by molar-refractivity contribution is 5.80. The molecule has 4 heteroatoms. The minimum Gasteiger partial charge on any atom is -0.365 e. The van der Waals surface area contributed by atoms with Gasteiger partial charge in [0.1, 0.15) is 6.10 Å². The van der Waals surface area contributed by atoms with E-state index in [2.05, 4.69) is 25.8 Å². The molecular formula is C18H34N2O2. The van der Waals surface area contributed by atoms with Gasteiger partial charge in [-0.05, 0) is 51.1 Å². The van der Waals surface area contributed by atoms with E-state index in [1.807, 2.05) is 11.9 Å². The van der Waals surface area contributed by atoms with Gasteiger partial charge in [-0.1, -0.05) is 26.7 Å². The molecule has 0 aromatic heterocycles. The summed E-state index contributed by atoms with van der Waals surface area (Å²) in [7, 11) is 4.10. The van der Waals surface area contributed by atoms with Crippen molar-refractivity contribution in [2.24, 2.45) is 11.8 Å². The number of likely N-dealkylation sites (N-methyl/N-ethyl adjacent to an activating group) is 1. The second kappa shape index (κ2) is 8.30. The molecule has 0 bridgehead atoms. The van der Waals surface area contributed by atoms with E-state index in [1.165, 1.54) is 19.3 Å². The fourth-order valence-corrected chi connectivity index (χ4v) is 3.96. The van der Waals surface area contributed by atoms with Gasteiger partial charge in [-0.3, -0.25) is 4.79 Å². The van der Waals surface area contributed by atoms with Crippen molar-refractivity contribution >= 4 is 5.91 Å². The lowest BCUT2D eigenvalue weighted by atomic mass is 9.88. The smallest absolute Gasteiger partial charge is 0.251 e. The monoisotopic (exact) mass is 310 g/mol. The summed E-state index contributed by atoms with van der Waals surface area (Å²) >= 11 is 0. The molecule has 2 aliphatic rings. The Morgan fingerprint density at radius 3 is 2.73 bits per heavy atom. The average Bonchev–Trinajstić information content (AvgIpc) is 2.89. The molecule has 2 fully saturated rings. The molecule has 1 saturated heterocycles. The van der Waals surface area contributed by atoms with Crippen LogP contribution in [0.25, 0.3) is 0 Å². The van der Waals surface area contributed by atoms with Gasteiger partial charge in [-0.2, -0.15) is 0 Å². The van der Waals surface area contributed by atoms with Crippen LogP contribution in [0.15, 0.2) is 0 Å². The van der Waals surface area contributed by atoms with Crippen molar-refractivity contribution < 1.29 is 9.53 Å². The number of carbonyl (C=O) groups excluding carboxylic acids is 1. The molecule has 1 aliphatic heterocycles. The Morgan fingerprint density at radius 2 is 2.14 bits per heavy atom. The molecule has 0 radical (unpaired) electrons. The molecule has 0 N–H and O–H groups in total. The normalized spacial score (nSPS) is 31.2. The van der Waals surface area contributed by atoms with Crippen LogP contribution >= 0.6 is 0 Å². The summed E-state index contributed by atoms with van der Waals surface area (Å²) < 4.78 is 6.18. The number of rotatable bonds is 6. The first-order valence-corrected chi connectivity index (χ1v) is 9.08. The predicted octanol–water partition coefficient (Wildman–Crippen LogP) is 2.77. The Kier molecular flexibility index (Phi) is 6.69. The van der Waals surface area contributed by atoms with Crippen molar-refractivity contribution in [1.29, 1.82) is 0 Å². The molecule has 1 heterocycles. The largest absolute Gasteiger partial charge is 0.365 e. The van der Waals surface area contributed by atoms with Gasteiger partial charge in [-0.15, -0.1) is 0 Å². The predicted molar refractivity (Wildman–Crippen MR) is 89.8 cm³/mol. The minimum atomic E-state index is -0.251. The number of carbonyl (C=O) groups is 1. The SMILES string of the molecule is CCC(OC1CCCC(C)C1)C(=O)N(C)CC1CCN(C)C1. The van der Waals surface area contributed by atoms with Crippen LogP contribution in [-0.2, 0) is 9.53 Å². The lowest BCUT2D eigenvalue weighted by molar-refractivity contribution is -0.149. The summed E-state index contributed by atoms with van der Waals surface area (Å²) in [6.07, 6.45) is 6.78. The zero-order valence-corrected chi connectivity index (χ0v) is 14.9. The molecule has 128 valence electrons. The Balaban J connectivity index is 1.82. The van der Waals surface area contributed by atoms with E-state index in [1.54, 1.807) is 0 Å². The zero-order chi connectivity index (χ0) is 16.1. The van der Waals surface area contributed by atoms with Gasteiger partial charge < -0.3 is 14.5 Å². The van der Waals surface area contributed by atoms with Crippen LogP contribution in [-0.4, -0.2) is 61.6 Å². The van der Waals surface area contributed by atoms with Crippen molar-refractivity contribution in [3.05, 3.63) is 0 Å². The van der Waals surface area contributed by atoms with Gasteiger partial charge in [0.15, 0.2) is 0 Å². The fourth-order valence-electron chi connectivity index (χ4n) is 3.96. The van der Waals surface area contributed by atoms with Crippen LogP contribution in [0.4, 0.5) is 0 Å². The van der Waals surface area contributed by atoms with Crippen LogP contribution in [0.2, 0.25) is 0 Å². The van der Waals surface area contributed by atoms with Crippen molar-refractivity contribution in [3.8, 4) is 0 Å². The quantitative estimate of drug-likeness (QED) is 0.756. The Labute approximate surface area is 136 Å². The van der Waals surface area contributed by atoms with Crippen LogP contribution in [0, 0.1) is 11.8 Å². The molecule has 2 rings (SSSR count). The molecule has 4 atom stereocenters. The molecule has 1 amide bonds. The van der Waals surface area contributed by atoms with Crippen molar-refractivity contribution in [2.75, 3.05) is 33.7 Å². The highest BCUT2D eigenvalue weighted by Gasteiger charge is 2.29. The Bertz CT molecular complexity index is 361. The van der Waals surface area contributed by atoms with Crippen LogP contribution in [0.3, 0.4) is 0 Å². The van der Waals surface area contributed by atoms with E-state index >= 15 is 0 Å². The third-order valence-corrected chi connectivity index (χ3v) is 5.29.